The number of aliphatic hydroxyl groups is 2. The van der Waals surface area contributed by atoms with E-state index < -0.39 is 35.0 Å². The number of benzene rings is 2. The van der Waals surface area contributed by atoms with Crippen LogP contribution in [0.15, 0.2) is 67.0 Å². The van der Waals surface area contributed by atoms with Crippen LogP contribution in [-0.2, 0) is 20.7 Å². The van der Waals surface area contributed by atoms with Crippen LogP contribution in [0.25, 0.3) is 0 Å². The summed E-state index contributed by atoms with van der Waals surface area (Å²) in [6.45, 7) is 0.767. The first-order valence-electron chi connectivity index (χ1n) is 12.0. The lowest BCUT2D eigenvalue weighted by Gasteiger charge is -2.40. The fourth-order valence-corrected chi connectivity index (χ4v) is 6.10. The van der Waals surface area contributed by atoms with Gasteiger partial charge >= 0.3 is 0 Å². The van der Waals surface area contributed by atoms with Crippen LogP contribution in [0.4, 0.5) is 0 Å². The average molecular weight is 500 g/mol. The molecule has 3 heterocycles. The summed E-state index contributed by atoms with van der Waals surface area (Å²) in [5.74, 6) is -1.84. The number of fused-ring (bicyclic) bond motifs is 3. The van der Waals surface area contributed by atoms with Crippen LogP contribution >= 0.6 is 0 Å². The second-order valence-corrected chi connectivity index (χ2v) is 9.61. The van der Waals surface area contributed by atoms with Crippen molar-refractivity contribution in [3.8, 4) is 17.6 Å². The Bertz CT molecular complexity index is 1390. The summed E-state index contributed by atoms with van der Waals surface area (Å²) in [7, 11) is 1.44. The van der Waals surface area contributed by atoms with E-state index in [-0.39, 0.29) is 23.1 Å². The molecule has 37 heavy (non-hydrogen) atoms. The molecular formula is C28H25N3O6. The lowest BCUT2D eigenvalue weighted by Crippen LogP contribution is -2.53. The molecule has 9 heteroatoms. The fraction of sp³-hybridized carbons (Fsp3) is 0.321. The van der Waals surface area contributed by atoms with Crippen molar-refractivity contribution in [2.75, 3.05) is 20.3 Å². The van der Waals surface area contributed by atoms with Gasteiger partial charge in [-0.25, -0.2) is 0 Å². The molecule has 0 bridgehead atoms. The van der Waals surface area contributed by atoms with Gasteiger partial charge in [0.2, 0.25) is 5.91 Å². The van der Waals surface area contributed by atoms with Gasteiger partial charge in [0.15, 0.2) is 11.2 Å². The number of aliphatic hydroxyl groups excluding tert-OH is 1. The van der Waals surface area contributed by atoms with E-state index in [0.717, 1.165) is 0 Å². The van der Waals surface area contributed by atoms with E-state index in [1.807, 2.05) is 30.3 Å². The summed E-state index contributed by atoms with van der Waals surface area (Å²) in [4.78, 5) is 18.0. The van der Waals surface area contributed by atoms with Crippen LogP contribution in [0.3, 0.4) is 0 Å². The van der Waals surface area contributed by atoms with Gasteiger partial charge in [-0.15, -0.1) is 0 Å². The maximum absolute atomic E-state index is 13.8. The molecule has 0 unspecified atom stereocenters. The van der Waals surface area contributed by atoms with Gasteiger partial charge < -0.3 is 29.7 Å². The lowest BCUT2D eigenvalue weighted by atomic mass is 9.70. The summed E-state index contributed by atoms with van der Waals surface area (Å²) in [5, 5.41) is 37.0. The number of hydrogen-bond donors (Lipinski definition) is 3. The van der Waals surface area contributed by atoms with Crippen molar-refractivity contribution < 1.29 is 29.2 Å². The first kappa shape index (κ1) is 23.4. The number of aromatic nitrogens is 1. The summed E-state index contributed by atoms with van der Waals surface area (Å²) >= 11 is 0. The number of nitrogens with zero attached hydrogens (tertiary/aromatic N) is 2. The highest BCUT2D eigenvalue weighted by molar-refractivity contribution is 5.83. The first-order valence-corrected chi connectivity index (χ1v) is 12.0. The molecule has 188 valence electrons. The minimum Gasteiger partial charge on any atom is -0.495 e. The second-order valence-electron chi connectivity index (χ2n) is 9.61. The highest BCUT2D eigenvalue weighted by Gasteiger charge is 2.78. The summed E-state index contributed by atoms with van der Waals surface area (Å²) < 4.78 is 17.4. The van der Waals surface area contributed by atoms with E-state index >= 15 is 0 Å². The van der Waals surface area contributed by atoms with E-state index in [1.54, 1.807) is 24.3 Å². The Hall–Kier alpha value is -3.97. The van der Waals surface area contributed by atoms with Gasteiger partial charge in [-0.05, 0) is 23.3 Å². The molecule has 2 aliphatic heterocycles. The molecule has 0 radical (unpaired) electrons. The predicted molar refractivity (Wildman–Crippen MR) is 130 cm³/mol. The molecular weight excluding hydrogens is 474 g/mol. The number of methoxy groups -OCH3 is 1. The molecule has 1 saturated carbocycles. The van der Waals surface area contributed by atoms with Crippen molar-refractivity contribution in [2.24, 2.45) is 5.92 Å². The maximum Gasteiger partial charge on any atom is 0.227 e. The Labute approximate surface area is 213 Å². The highest BCUT2D eigenvalue weighted by atomic mass is 16.5. The minimum atomic E-state index is -2.09. The molecule has 3 aliphatic rings. The van der Waals surface area contributed by atoms with Gasteiger partial charge in [0.25, 0.3) is 0 Å². The number of pyridine rings is 1. The van der Waals surface area contributed by atoms with E-state index in [9.17, 15) is 20.3 Å². The number of nitriles is 1. The number of ether oxygens (including phenoxy) is 3. The van der Waals surface area contributed by atoms with Crippen molar-refractivity contribution >= 4 is 5.91 Å². The Kier molecular flexibility index (Phi) is 5.42. The van der Waals surface area contributed by atoms with Gasteiger partial charge in [-0.1, -0.05) is 42.5 Å². The van der Waals surface area contributed by atoms with Crippen LogP contribution in [0.2, 0.25) is 0 Å². The molecule has 3 aromatic rings. The Balaban J connectivity index is 1.63. The summed E-state index contributed by atoms with van der Waals surface area (Å²) in [5.41, 5.74) is -1.88. The third-order valence-corrected chi connectivity index (χ3v) is 7.77. The largest absolute Gasteiger partial charge is 0.495 e. The molecule has 1 aliphatic carbocycles. The molecule has 1 aromatic heterocycles. The number of amides is 1. The quantitative estimate of drug-likeness (QED) is 0.483. The van der Waals surface area contributed by atoms with E-state index in [4.69, 9.17) is 14.2 Å². The first-order chi connectivity index (χ1) is 18.0. The smallest absolute Gasteiger partial charge is 0.227 e. The molecule has 2 fully saturated rings. The molecule has 5 atom stereocenters. The second kappa shape index (κ2) is 8.56. The number of hydrogen-bond acceptors (Lipinski definition) is 8. The van der Waals surface area contributed by atoms with E-state index in [1.165, 1.54) is 19.5 Å². The molecule has 2 aromatic carbocycles. The lowest BCUT2D eigenvalue weighted by molar-refractivity contribution is -0.155. The van der Waals surface area contributed by atoms with Gasteiger partial charge in [0, 0.05) is 5.92 Å². The topological polar surface area (TPSA) is 134 Å². The molecule has 1 amide bonds. The van der Waals surface area contributed by atoms with Crippen molar-refractivity contribution in [1.29, 1.82) is 5.26 Å². The third-order valence-electron chi connectivity index (χ3n) is 7.77. The SMILES string of the molecule is COc1cncc2c1[C@]1(O)[C@H](O)[C@H](C(=O)NC3COC3)[C@@H](c3ccccc3)[C@]1(c1ccc(C#N)cc1)O2. The van der Waals surface area contributed by atoms with Crippen molar-refractivity contribution in [3.05, 3.63) is 89.2 Å². The zero-order chi connectivity index (χ0) is 25.8. The number of rotatable bonds is 5. The molecule has 6 rings (SSSR count). The minimum absolute atomic E-state index is 0.177. The Morgan fingerprint density at radius 1 is 1.16 bits per heavy atom. The van der Waals surface area contributed by atoms with Crippen LogP contribution in [-0.4, -0.2) is 53.6 Å². The van der Waals surface area contributed by atoms with Crippen LogP contribution in [0.5, 0.6) is 11.5 Å². The van der Waals surface area contributed by atoms with Crippen molar-refractivity contribution in [2.45, 2.75) is 29.3 Å². The van der Waals surface area contributed by atoms with Gasteiger partial charge in [-0.2, -0.15) is 5.26 Å². The maximum atomic E-state index is 13.8. The molecule has 1 saturated heterocycles. The van der Waals surface area contributed by atoms with Crippen molar-refractivity contribution in [1.82, 2.24) is 10.3 Å². The van der Waals surface area contributed by atoms with E-state index in [0.29, 0.717) is 29.9 Å². The summed E-state index contributed by atoms with van der Waals surface area (Å²) in [6.07, 6.45) is 1.33. The predicted octanol–water partition coefficient (Wildman–Crippen LogP) is 1.73. The van der Waals surface area contributed by atoms with Crippen molar-refractivity contribution in [3.63, 3.8) is 0 Å². The monoisotopic (exact) mass is 499 g/mol. The fourth-order valence-electron chi connectivity index (χ4n) is 6.10. The number of nitrogens with one attached hydrogen (secondary N) is 1. The third kappa shape index (κ3) is 3.13. The Morgan fingerprint density at radius 2 is 1.89 bits per heavy atom. The average Bonchev–Trinajstić information content (AvgIpc) is 3.29. The summed E-state index contributed by atoms with van der Waals surface area (Å²) in [6, 6.07) is 17.8. The zero-order valence-corrected chi connectivity index (χ0v) is 20.0. The van der Waals surface area contributed by atoms with Crippen LogP contribution in [0.1, 0.15) is 28.2 Å². The van der Waals surface area contributed by atoms with Crippen LogP contribution in [0, 0.1) is 17.2 Å². The molecule has 9 nitrogen and oxygen atoms in total. The normalized spacial score (nSPS) is 29.8. The standard InChI is InChI=1S/C28H25N3O6/c1-35-20-12-30-13-21-24(20)27(34)25(32)22(26(33)31-19-14-36-15-19)23(17-5-3-2-4-6-17)28(27,37-21)18-9-7-16(11-29)8-10-18/h2-10,12-13,19,22-23,25,32,34H,14-15H2,1H3,(H,31,33)/t22-,23-,25-,27+,28+/m1/s1. The Morgan fingerprint density at radius 3 is 2.51 bits per heavy atom. The van der Waals surface area contributed by atoms with Crippen LogP contribution < -0.4 is 14.8 Å². The zero-order valence-electron chi connectivity index (χ0n) is 20.0. The van der Waals surface area contributed by atoms with E-state index in [2.05, 4.69) is 16.4 Å². The molecule has 0 spiro atoms. The van der Waals surface area contributed by atoms with Gasteiger partial charge in [0.05, 0.1) is 61.9 Å². The number of carbonyl (C=O) groups is 1. The molecule has 3 N–H and O–H groups in total. The number of carbonyl (C=O) groups excluding carboxylic acids is 1. The van der Waals surface area contributed by atoms with Gasteiger partial charge in [-0.3, -0.25) is 9.78 Å². The highest BCUT2D eigenvalue weighted by Crippen LogP contribution is 2.69. The van der Waals surface area contributed by atoms with Gasteiger partial charge in [0.1, 0.15) is 17.6 Å².